The number of piperidine rings is 1. The van der Waals surface area contributed by atoms with Crippen LogP contribution in [0.4, 0.5) is 0 Å². The average molecular weight is 379 g/mol. The Morgan fingerprint density at radius 2 is 1.72 bits per heavy atom. The Morgan fingerprint density at radius 1 is 1.04 bits per heavy atom. The van der Waals surface area contributed by atoms with E-state index in [-0.39, 0.29) is 6.04 Å². The van der Waals surface area contributed by atoms with E-state index in [1.807, 2.05) is 48.5 Å². The molecule has 2 aromatic carbocycles. The number of hydrogen-bond donors (Lipinski definition) is 2. The number of benzene rings is 2. The van der Waals surface area contributed by atoms with E-state index < -0.39 is 5.60 Å². The average Bonchev–Trinajstić information content (AvgIpc) is 2.64. The van der Waals surface area contributed by atoms with Crippen molar-refractivity contribution >= 4 is 23.2 Å². The maximum absolute atomic E-state index is 11.0. The van der Waals surface area contributed by atoms with Crippen LogP contribution in [0.3, 0.4) is 0 Å². The molecule has 1 unspecified atom stereocenters. The molecule has 3 nitrogen and oxygen atoms in total. The lowest BCUT2D eigenvalue weighted by molar-refractivity contribution is -0.0367. The first-order valence-corrected chi connectivity index (χ1v) is 9.46. The Bertz CT molecular complexity index is 700. The van der Waals surface area contributed by atoms with Gasteiger partial charge in [0.2, 0.25) is 0 Å². The van der Waals surface area contributed by atoms with Gasteiger partial charge in [0.15, 0.2) is 0 Å². The zero-order chi connectivity index (χ0) is 17.9. The molecule has 1 aliphatic heterocycles. The molecule has 0 saturated carbocycles. The third kappa shape index (κ3) is 4.18. The second-order valence-corrected chi connectivity index (χ2v) is 7.51. The van der Waals surface area contributed by atoms with Crippen molar-refractivity contribution in [3.05, 3.63) is 69.7 Å². The van der Waals surface area contributed by atoms with Gasteiger partial charge in [-0.3, -0.25) is 4.90 Å². The smallest absolute Gasteiger partial charge is 0.0920 e. The Labute approximate surface area is 159 Å². The van der Waals surface area contributed by atoms with Gasteiger partial charge in [-0.25, -0.2) is 0 Å². The fourth-order valence-corrected chi connectivity index (χ4v) is 3.99. The molecule has 3 rings (SSSR count). The lowest BCUT2D eigenvalue weighted by atomic mass is 9.83. The summed E-state index contributed by atoms with van der Waals surface area (Å²) in [6.07, 6.45) is 2.26. The van der Waals surface area contributed by atoms with Crippen molar-refractivity contribution in [1.82, 2.24) is 4.90 Å². The summed E-state index contributed by atoms with van der Waals surface area (Å²) in [7, 11) is 0. The standard InChI is InChI=1S/C20H24Cl2N2O/c21-17-7-6-15(14-18(17)22)19(8-11-23)24-12-9-20(25,10-13-24)16-4-2-1-3-5-16/h1-7,14,19,25H,8-13,23H2. The molecule has 3 N–H and O–H groups in total. The third-order valence-electron chi connectivity index (χ3n) is 5.15. The van der Waals surface area contributed by atoms with Crippen molar-refractivity contribution in [3.8, 4) is 0 Å². The summed E-state index contributed by atoms with van der Waals surface area (Å²) >= 11 is 12.3. The van der Waals surface area contributed by atoms with Gasteiger partial charge in [-0.2, -0.15) is 0 Å². The summed E-state index contributed by atoms with van der Waals surface area (Å²) in [5, 5.41) is 12.2. The zero-order valence-electron chi connectivity index (χ0n) is 14.2. The summed E-state index contributed by atoms with van der Waals surface area (Å²) in [4.78, 5) is 2.39. The van der Waals surface area contributed by atoms with Gasteiger partial charge in [-0.1, -0.05) is 59.6 Å². The summed E-state index contributed by atoms with van der Waals surface area (Å²) in [6, 6.07) is 15.9. The molecule has 2 aromatic rings. The molecule has 0 aromatic heterocycles. The van der Waals surface area contributed by atoms with Crippen molar-refractivity contribution in [2.24, 2.45) is 5.73 Å². The minimum Gasteiger partial charge on any atom is -0.385 e. The molecule has 0 amide bonds. The maximum Gasteiger partial charge on any atom is 0.0920 e. The van der Waals surface area contributed by atoms with Crippen molar-refractivity contribution in [3.63, 3.8) is 0 Å². The first-order valence-electron chi connectivity index (χ1n) is 8.70. The van der Waals surface area contributed by atoms with Crippen LogP contribution in [0, 0.1) is 0 Å². The normalized spacial score (nSPS) is 18.9. The van der Waals surface area contributed by atoms with Crippen LogP contribution in [0.2, 0.25) is 10.0 Å². The minimum atomic E-state index is -0.747. The minimum absolute atomic E-state index is 0.195. The number of halogens is 2. The summed E-state index contributed by atoms with van der Waals surface area (Å²) in [5.41, 5.74) is 7.23. The molecule has 1 aliphatic rings. The van der Waals surface area contributed by atoms with Crippen LogP contribution in [0.5, 0.6) is 0 Å². The van der Waals surface area contributed by atoms with Crippen LogP contribution in [0.1, 0.15) is 36.4 Å². The molecule has 134 valence electrons. The highest BCUT2D eigenvalue weighted by Gasteiger charge is 2.36. The van der Waals surface area contributed by atoms with Crippen molar-refractivity contribution in [2.75, 3.05) is 19.6 Å². The van der Waals surface area contributed by atoms with Crippen molar-refractivity contribution < 1.29 is 5.11 Å². The molecular formula is C20H24Cl2N2O. The largest absolute Gasteiger partial charge is 0.385 e. The topological polar surface area (TPSA) is 49.5 Å². The summed E-state index contributed by atoms with van der Waals surface area (Å²) in [5.74, 6) is 0. The molecular weight excluding hydrogens is 355 g/mol. The fraction of sp³-hybridized carbons (Fsp3) is 0.400. The van der Waals surface area contributed by atoms with Crippen LogP contribution in [0.15, 0.2) is 48.5 Å². The van der Waals surface area contributed by atoms with Gasteiger partial charge < -0.3 is 10.8 Å². The highest BCUT2D eigenvalue weighted by atomic mass is 35.5. The number of aliphatic hydroxyl groups is 1. The predicted octanol–water partition coefficient (Wildman–Crippen LogP) is 4.37. The molecule has 0 bridgehead atoms. The van der Waals surface area contributed by atoms with E-state index in [2.05, 4.69) is 4.90 Å². The maximum atomic E-state index is 11.0. The molecule has 1 heterocycles. The van der Waals surface area contributed by atoms with Gasteiger partial charge in [0.1, 0.15) is 0 Å². The molecule has 1 saturated heterocycles. The predicted molar refractivity (Wildman–Crippen MR) is 104 cm³/mol. The lowest BCUT2D eigenvalue weighted by Crippen LogP contribution is -2.44. The molecule has 0 radical (unpaired) electrons. The van der Waals surface area contributed by atoms with E-state index in [0.717, 1.165) is 30.6 Å². The number of nitrogens with zero attached hydrogens (tertiary/aromatic N) is 1. The van der Waals surface area contributed by atoms with E-state index >= 15 is 0 Å². The number of nitrogens with two attached hydrogens (primary N) is 1. The van der Waals surface area contributed by atoms with Crippen molar-refractivity contribution in [2.45, 2.75) is 30.9 Å². The Balaban J connectivity index is 1.75. The summed E-state index contributed by atoms with van der Waals surface area (Å²) in [6.45, 7) is 2.23. The van der Waals surface area contributed by atoms with Gasteiger partial charge in [0.05, 0.1) is 15.6 Å². The van der Waals surface area contributed by atoms with Gasteiger partial charge in [-0.15, -0.1) is 0 Å². The lowest BCUT2D eigenvalue weighted by Gasteiger charge is -2.42. The second kappa shape index (κ2) is 8.07. The van der Waals surface area contributed by atoms with E-state index in [1.165, 1.54) is 0 Å². The van der Waals surface area contributed by atoms with Crippen LogP contribution in [0.25, 0.3) is 0 Å². The van der Waals surface area contributed by atoms with Crippen LogP contribution >= 0.6 is 23.2 Å². The fourth-order valence-electron chi connectivity index (χ4n) is 3.68. The van der Waals surface area contributed by atoms with E-state index in [9.17, 15) is 5.11 Å². The van der Waals surface area contributed by atoms with Gasteiger partial charge in [0.25, 0.3) is 0 Å². The monoisotopic (exact) mass is 378 g/mol. The molecule has 1 fully saturated rings. The van der Waals surface area contributed by atoms with Crippen LogP contribution in [-0.2, 0) is 5.60 Å². The van der Waals surface area contributed by atoms with E-state index in [4.69, 9.17) is 28.9 Å². The Morgan fingerprint density at radius 3 is 2.32 bits per heavy atom. The van der Waals surface area contributed by atoms with E-state index in [0.29, 0.717) is 29.4 Å². The zero-order valence-corrected chi connectivity index (χ0v) is 15.7. The van der Waals surface area contributed by atoms with Crippen molar-refractivity contribution in [1.29, 1.82) is 0 Å². The Kier molecular flexibility index (Phi) is 6.03. The van der Waals surface area contributed by atoms with Crippen LogP contribution < -0.4 is 5.73 Å². The molecule has 25 heavy (non-hydrogen) atoms. The first kappa shape index (κ1) is 18.7. The molecule has 0 spiro atoms. The third-order valence-corrected chi connectivity index (χ3v) is 5.88. The highest BCUT2D eigenvalue weighted by molar-refractivity contribution is 6.42. The molecule has 5 heteroatoms. The first-order chi connectivity index (χ1) is 12.0. The second-order valence-electron chi connectivity index (χ2n) is 6.70. The van der Waals surface area contributed by atoms with Gasteiger partial charge in [0, 0.05) is 19.1 Å². The summed E-state index contributed by atoms with van der Waals surface area (Å²) < 4.78 is 0. The number of likely N-dealkylation sites (tertiary alicyclic amines) is 1. The quantitative estimate of drug-likeness (QED) is 0.811. The van der Waals surface area contributed by atoms with E-state index in [1.54, 1.807) is 0 Å². The van der Waals surface area contributed by atoms with Gasteiger partial charge >= 0.3 is 0 Å². The Hall–Kier alpha value is -1.10. The molecule has 1 atom stereocenters. The number of hydrogen-bond acceptors (Lipinski definition) is 3. The van der Waals surface area contributed by atoms with Gasteiger partial charge in [-0.05, 0) is 49.1 Å². The SMILES string of the molecule is NCCC(c1ccc(Cl)c(Cl)c1)N1CCC(O)(c2ccccc2)CC1. The number of rotatable bonds is 5. The highest BCUT2D eigenvalue weighted by Crippen LogP contribution is 2.37. The van der Waals surface area contributed by atoms with Crippen LogP contribution in [-0.4, -0.2) is 29.6 Å². The molecule has 0 aliphatic carbocycles.